The number of H-pyrrole nitrogens is 1. The highest BCUT2D eigenvalue weighted by Gasteiger charge is 2.20. The Morgan fingerprint density at radius 2 is 1.93 bits per heavy atom. The number of ether oxygens (including phenoxy) is 1. The molecule has 9 heteroatoms. The summed E-state index contributed by atoms with van der Waals surface area (Å²) in [7, 11) is 1.54. The zero-order valence-electron chi connectivity index (χ0n) is 16.4. The largest absolute Gasteiger partial charge is 0.491 e. The Bertz CT molecular complexity index is 1080. The number of aromatic nitrogens is 4. The molecule has 9 nitrogen and oxygen atoms in total. The molecule has 1 atom stereocenters. The van der Waals surface area contributed by atoms with Crippen LogP contribution in [-0.2, 0) is 13.6 Å². The molecule has 2 aromatic heterocycles. The number of aromatic amines is 1. The molecule has 0 saturated heterocycles. The summed E-state index contributed by atoms with van der Waals surface area (Å²) < 4.78 is 8.48. The van der Waals surface area contributed by atoms with E-state index in [0.29, 0.717) is 11.7 Å². The van der Waals surface area contributed by atoms with Gasteiger partial charge in [-0.15, -0.1) is 0 Å². The summed E-state index contributed by atoms with van der Waals surface area (Å²) in [6.45, 7) is 5.98. The molecule has 28 heavy (non-hydrogen) atoms. The molecule has 0 amide bonds. The monoisotopic (exact) mass is 387 g/mol. The van der Waals surface area contributed by atoms with E-state index in [-0.39, 0.29) is 30.4 Å². The first kappa shape index (κ1) is 19.7. The first-order valence-corrected chi connectivity index (χ1v) is 9.10. The Labute approximate surface area is 161 Å². The van der Waals surface area contributed by atoms with Gasteiger partial charge in [-0.25, -0.2) is 4.79 Å². The van der Waals surface area contributed by atoms with Gasteiger partial charge in [0.05, 0.1) is 6.54 Å². The number of nitrogens with one attached hydrogen (secondary N) is 2. The second kappa shape index (κ2) is 7.89. The number of hydrogen-bond donors (Lipinski definition) is 3. The summed E-state index contributed by atoms with van der Waals surface area (Å²) in [5.74, 6) is 1.06. The second-order valence-electron chi connectivity index (χ2n) is 7.11. The zero-order valence-corrected chi connectivity index (χ0v) is 16.4. The highest BCUT2D eigenvalue weighted by Crippen LogP contribution is 2.17. The molecule has 0 saturated carbocycles. The van der Waals surface area contributed by atoms with Crippen LogP contribution < -0.4 is 21.3 Å². The van der Waals surface area contributed by atoms with Crippen LogP contribution in [0, 0.1) is 6.92 Å². The molecule has 0 bridgehead atoms. The lowest BCUT2D eigenvalue weighted by molar-refractivity contribution is 0.0938. The number of hydrogen-bond acceptors (Lipinski definition) is 6. The molecule has 1 aromatic carbocycles. The standard InChI is InChI=1S/C19H25N5O4/c1-11(2)20-18-21-16-15(17(26)22-19(27)23(16)4)24(18)9-13(25)10-28-14-7-5-12(3)6-8-14/h5-8,11,13,25H,9-10H2,1-4H3,(H,20,21)(H,22,26,27). The fourth-order valence-electron chi connectivity index (χ4n) is 2.87. The predicted molar refractivity (Wildman–Crippen MR) is 107 cm³/mol. The van der Waals surface area contributed by atoms with Crippen LogP contribution in [0.1, 0.15) is 19.4 Å². The minimum absolute atomic E-state index is 0.0487. The van der Waals surface area contributed by atoms with E-state index in [1.807, 2.05) is 45.0 Å². The van der Waals surface area contributed by atoms with E-state index >= 15 is 0 Å². The van der Waals surface area contributed by atoms with Crippen molar-refractivity contribution in [2.24, 2.45) is 7.05 Å². The van der Waals surface area contributed by atoms with Gasteiger partial charge in [0.2, 0.25) is 5.95 Å². The van der Waals surface area contributed by atoms with Gasteiger partial charge in [0.15, 0.2) is 11.2 Å². The third-order valence-corrected chi connectivity index (χ3v) is 4.28. The average molecular weight is 387 g/mol. The minimum Gasteiger partial charge on any atom is -0.491 e. The number of aliphatic hydroxyl groups is 1. The van der Waals surface area contributed by atoms with E-state index in [2.05, 4.69) is 15.3 Å². The maximum Gasteiger partial charge on any atom is 0.329 e. The van der Waals surface area contributed by atoms with E-state index < -0.39 is 17.4 Å². The van der Waals surface area contributed by atoms with Crippen molar-refractivity contribution in [2.45, 2.75) is 39.5 Å². The highest BCUT2D eigenvalue weighted by atomic mass is 16.5. The summed E-state index contributed by atoms with van der Waals surface area (Å²) in [6.07, 6.45) is -0.886. The van der Waals surface area contributed by atoms with Crippen molar-refractivity contribution in [3.05, 3.63) is 50.7 Å². The lowest BCUT2D eigenvalue weighted by Gasteiger charge is -2.17. The van der Waals surface area contributed by atoms with Crippen LogP contribution in [0.25, 0.3) is 11.2 Å². The van der Waals surface area contributed by atoms with Crippen LogP contribution in [0.2, 0.25) is 0 Å². The van der Waals surface area contributed by atoms with E-state index in [9.17, 15) is 14.7 Å². The van der Waals surface area contributed by atoms with Gasteiger partial charge >= 0.3 is 5.69 Å². The van der Waals surface area contributed by atoms with Crippen molar-refractivity contribution in [1.82, 2.24) is 19.1 Å². The van der Waals surface area contributed by atoms with Crippen molar-refractivity contribution >= 4 is 17.1 Å². The molecule has 150 valence electrons. The van der Waals surface area contributed by atoms with Crippen LogP contribution in [-0.4, -0.2) is 43.0 Å². The van der Waals surface area contributed by atoms with Crippen LogP contribution >= 0.6 is 0 Å². The fourth-order valence-corrected chi connectivity index (χ4v) is 2.87. The van der Waals surface area contributed by atoms with Gasteiger partial charge in [0.1, 0.15) is 18.5 Å². The Hall–Kier alpha value is -3.07. The molecule has 0 fully saturated rings. The van der Waals surface area contributed by atoms with Gasteiger partial charge in [-0.2, -0.15) is 4.98 Å². The van der Waals surface area contributed by atoms with E-state index in [4.69, 9.17) is 4.74 Å². The van der Waals surface area contributed by atoms with E-state index in [1.165, 1.54) is 11.6 Å². The number of aryl methyl sites for hydroxylation is 2. The number of anilines is 1. The molecule has 3 rings (SSSR count). The number of nitrogens with zero attached hydrogens (tertiary/aromatic N) is 3. The molecule has 1 unspecified atom stereocenters. The third kappa shape index (κ3) is 4.09. The number of imidazole rings is 1. The minimum atomic E-state index is -0.886. The highest BCUT2D eigenvalue weighted by molar-refractivity contribution is 5.74. The molecule has 0 radical (unpaired) electrons. The van der Waals surface area contributed by atoms with Crippen molar-refractivity contribution < 1.29 is 9.84 Å². The summed E-state index contributed by atoms with van der Waals surface area (Å²) in [5, 5.41) is 13.6. The van der Waals surface area contributed by atoms with E-state index in [1.54, 1.807) is 4.57 Å². The quantitative estimate of drug-likeness (QED) is 0.557. The van der Waals surface area contributed by atoms with Crippen LogP contribution in [0.4, 0.5) is 5.95 Å². The third-order valence-electron chi connectivity index (χ3n) is 4.28. The molecule has 0 spiro atoms. The smallest absolute Gasteiger partial charge is 0.329 e. The number of aliphatic hydroxyl groups excluding tert-OH is 1. The number of fused-ring (bicyclic) bond motifs is 1. The van der Waals surface area contributed by atoms with Gasteiger partial charge < -0.3 is 19.7 Å². The molecule has 0 aliphatic rings. The maximum atomic E-state index is 12.4. The number of rotatable bonds is 7. The Morgan fingerprint density at radius 3 is 2.57 bits per heavy atom. The van der Waals surface area contributed by atoms with Crippen LogP contribution in [0.15, 0.2) is 33.9 Å². The predicted octanol–water partition coefficient (Wildman–Crippen LogP) is 0.992. The summed E-state index contributed by atoms with van der Waals surface area (Å²) in [4.78, 5) is 30.9. The van der Waals surface area contributed by atoms with Gasteiger partial charge in [0.25, 0.3) is 5.56 Å². The zero-order chi connectivity index (χ0) is 20.4. The normalized spacial score (nSPS) is 12.5. The van der Waals surface area contributed by atoms with Crippen LogP contribution in [0.5, 0.6) is 5.75 Å². The van der Waals surface area contributed by atoms with E-state index in [0.717, 1.165) is 5.56 Å². The topological polar surface area (TPSA) is 114 Å². The molecule has 3 aromatic rings. The van der Waals surface area contributed by atoms with Crippen molar-refractivity contribution in [2.75, 3.05) is 11.9 Å². The van der Waals surface area contributed by atoms with Gasteiger partial charge in [-0.1, -0.05) is 17.7 Å². The first-order chi connectivity index (χ1) is 13.3. The Balaban J connectivity index is 1.89. The van der Waals surface area contributed by atoms with Crippen LogP contribution in [0.3, 0.4) is 0 Å². The summed E-state index contributed by atoms with van der Waals surface area (Å²) in [6, 6.07) is 7.57. The van der Waals surface area contributed by atoms with Gasteiger partial charge in [0, 0.05) is 13.1 Å². The fraction of sp³-hybridized carbons (Fsp3) is 0.421. The van der Waals surface area contributed by atoms with Gasteiger partial charge in [-0.3, -0.25) is 14.3 Å². The average Bonchev–Trinajstić information content (AvgIpc) is 2.97. The van der Waals surface area contributed by atoms with Crippen molar-refractivity contribution in [1.29, 1.82) is 0 Å². The van der Waals surface area contributed by atoms with Crippen molar-refractivity contribution in [3.8, 4) is 5.75 Å². The Kier molecular flexibility index (Phi) is 5.55. The molecular weight excluding hydrogens is 362 g/mol. The molecule has 2 heterocycles. The summed E-state index contributed by atoms with van der Waals surface area (Å²) in [5.41, 5.74) is 0.505. The molecule has 3 N–H and O–H groups in total. The molecule has 0 aliphatic carbocycles. The number of benzene rings is 1. The second-order valence-corrected chi connectivity index (χ2v) is 7.11. The summed E-state index contributed by atoms with van der Waals surface area (Å²) >= 11 is 0. The SMILES string of the molecule is Cc1ccc(OCC(O)Cn2c(NC(C)C)nc3c2c(=O)[nH]c(=O)n3C)cc1. The Morgan fingerprint density at radius 1 is 1.25 bits per heavy atom. The maximum absolute atomic E-state index is 12.4. The molecule has 0 aliphatic heterocycles. The molecular formula is C19H25N5O4. The van der Waals surface area contributed by atoms with Crippen molar-refractivity contribution in [3.63, 3.8) is 0 Å². The lowest BCUT2D eigenvalue weighted by atomic mass is 10.2. The first-order valence-electron chi connectivity index (χ1n) is 9.10. The van der Waals surface area contributed by atoms with Gasteiger partial charge in [-0.05, 0) is 32.9 Å². The lowest BCUT2D eigenvalue weighted by Crippen LogP contribution is -2.31.